The van der Waals surface area contributed by atoms with Crippen molar-refractivity contribution in [1.29, 1.82) is 0 Å². The second kappa shape index (κ2) is 7.23. The van der Waals surface area contributed by atoms with Crippen LogP contribution in [0.4, 0.5) is 0 Å². The second-order valence-corrected chi connectivity index (χ2v) is 9.41. The predicted octanol–water partition coefficient (Wildman–Crippen LogP) is 2.72. The number of carbonyl (C=O) groups is 2. The van der Waals surface area contributed by atoms with Crippen molar-refractivity contribution in [3.8, 4) is 0 Å². The Bertz CT molecular complexity index is 561. The second-order valence-electron chi connectivity index (χ2n) is 9.41. The zero-order valence-corrected chi connectivity index (χ0v) is 16.4. The lowest BCUT2D eigenvalue weighted by Gasteiger charge is -2.55. The van der Waals surface area contributed by atoms with Gasteiger partial charge in [-0.25, -0.2) is 0 Å². The molecular formula is C21H34O5. The molecule has 0 unspecified atom stereocenters. The smallest absolute Gasteiger partial charge is 0.302 e. The molecule has 0 aliphatic heterocycles. The molecule has 3 saturated carbocycles. The number of esters is 1. The first-order chi connectivity index (χ1) is 12.2. The zero-order valence-electron chi connectivity index (χ0n) is 16.4. The minimum Gasteiger partial charge on any atom is -0.466 e. The van der Waals surface area contributed by atoms with Crippen molar-refractivity contribution < 1.29 is 24.5 Å². The van der Waals surface area contributed by atoms with E-state index in [1.165, 1.54) is 6.92 Å². The lowest BCUT2D eigenvalue weighted by atomic mass is 9.49. The molecule has 0 amide bonds. The highest BCUT2D eigenvalue weighted by molar-refractivity contribution is 5.87. The van der Waals surface area contributed by atoms with Crippen LogP contribution in [0.5, 0.6) is 0 Å². The van der Waals surface area contributed by atoms with E-state index in [0.29, 0.717) is 31.1 Å². The van der Waals surface area contributed by atoms with E-state index in [1.807, 2.05) is 0 Å². The van der Waals surface area contributed by atoms with Crippen molar-refractivity contribution >= 4 is 11.8 Å². The summed E-state index contributed by atoms with van der Waals surface area (Å²) in [5.74, 6) is 0.836. The molecule has 0 aromatic carbocycles. The van der Waals surface area contributed by atoms with Gasteiger partial charge in [-0.2, -0.15) is 0 Å². The van der Waals surface area contributed by atoms with Gasteiger partial charge in [-0.1, -0.05) is 13.8 Å². The van der Waals surface area contributed by atoms with Crippen LogP contribution in [0.1, 0.15) is 65.7 Å². The van der Waals surface area contributed by atoms with Crippen molar-refractivity contribution in [2.75, 3.05) is 13.2 Å². The van der Waals surface area contributed by atoms with Gasteiger partial charge < -0.3 is 14.9 Å². The van der Waals surface area contributed by atoms with Crippen molar-refractivity contribution in [3.63, 3.8) is 0 Å². The standard InChI is InChI=1S/C21H34O5/c1-13(23)26-12-16-17-4-5-19(25)21(17,3)9-7-18(16)20(2)8-6-15(24)10-14(20)11-22/h14-18,22,24H,4-12H2,1-3H3/t14-,15+,16+,17+,18+,20+,21+/m1/s1. The van der Waals surface area contributed by atoms with Crippen LogP contribution in [-0.4, -0.2) is 41.3 Å². The van der Waals surface area contributed by atoms with Crippen molar-refractivity contribution in [2.45, 2.75) is 71.8 Å². The Morgan fingerprint density at radius 2 is 1.92 bits per heavy atom. The Balaban J connectivity index is 1.91. The summed E-state index contributed by atoms with van der Waals surface area (Å²) < 4.78 is 5.46. The molecule has 0 saturated heterocycles. The lowest BCUT2D eigenvalue weighted by Crippen LogP contribution is -2.53. The van der Waals surface area contributed by atoms with Crippen LogP contribution in [0.25, 0.3) is 0 Å². The van der Waals surface area contributed by atoms with Crippen molar-refractivity contribution in [3.05, 3.63) is 0 Å². The van der Waals surface area contributed by atoms with E-state index < -0.39 is 0 Å². The van der Waals surface area contributed by atoms with E-state index >= 15 is 0 Å². The Kier molecular flexibility index (Phi) is 5.51. The van der Waals surface area contributed by atoms with Crippen LogP contribution in [0.2, 0.25) is 0 Å². The van der Waals surface area contributed by atoms with E-state index in [9.17, 15) is 19.8 Å². The third-order valence-corrected chi connectivity index (χ3v) is 8.20. The molecule has 148 valence electrons. The molecule has 26 heavy (non-hydrogen) atoms. The molecule has 2 N–H and O–H groups in total. The number of aliphatic hydroxyl groups excluding tert-OH is 2. The van der Waals surface area contributed by atoms with Crippen LogP contribution >= 0.6 is 0 Å². The lowest BCUT2D eigenvalue weighted by molar-refractivity contribution is -0.153. The van der Waals surface area contributed by atoms with E-state index in [4.69, 9.17) is 4.74 Å². The third kappa shape index (κ3) is 3.22. The van der Waals surface area contributed by atoms with Crippen LogP contribution < -0.4 is 0 Å². The molecule has 7 atom stereocenters. The third-order valence-electron chi connectivity index (χ3n) is 8.20. The first-order valence-electron chi connectivity index (χ1n) is 10.2. The van der Waals surface area contributed by atoms with E-state index in [2.05, 4.69) is 13.8 Å². The van der Waals surface area contributed by atoms with Gasteiger partial charge in [-0.15, -0.1) is 0 Å². The summed E-state index contributed by atoms with van der Waals surface area (Å²) in [5.41, 5.74) is -0.383. The van der Waals surface area contributed by atoms with E-state index in [1.54, 1.807) is 0 Å². The molecule has 5 nitrogen and oxygen atoms in total. The van der Waals surface area contributed by atoms with Gasteiger partial charge in [0.25, 0.3) is 0 Å². The first-order valence-corrected chi connectivity index (χ1v) is 10.2. The fourth-order valence-electron chi connectivity index (χ4n) is 6.49. The van der Waals surface area contributed by atoms with Gasteiger partial charge in [0.15, 0.2) is 0 Å². The number of ketones is 1. The molecule has 0 radical (unpaired) electrons. The SMILES string of the molecule is CC(=O)OC[C@@H]1[C@@H]([C@@]2(C)CC[C@H](O)C[C@@H]2CO)CC[C@]2(C)C(=O)CC[C@@H]12. The van der Waals surface area contributed by atoms with Gasteiger partial charge in [0.05, 0.1) is 12.7 Å². The maximum Gasteiger partial charge on any atom is 0.302 e. The highest BCUT2D eigenvalue weighted by Gasteiger charge is 2.58. The summed E-state index contributed by atoms with van der Waals surface area (Å²) in [6.07, 6.45) is 5.23. The fourth-order valence-corrected chi connectivity index (χ4v) is 6.49. The number of fused-ring (bicyclic) bond motifs is 1. The monoisotopic (exact) mass is 366 g/mol. The van der Waals surface area contributed by atoms with Gasteiger partial charge in [-0.3, -0.25) is 9.59 Å². The van der Waals surface area contributed by atoms with Gasteiger partial charge in [0.2, 0.25) is 0 Å². The highest BCUT2D eigenvalue weighted by Crippen LogP contribution is 2.61. The average molecular weight is 366 g/mol. The van der Waals surface area contributed by atoms with Crippen molar-refractivity contribution in [1.82, 2.24) is 0 Å². The minimum absolute atomic E-state index is 0.0533. The van der Waals surface area contributed by atoms with E-state index in [0.717, 1.165) is 32.1 Å². The van der Waals surface area contributed by atoms with Gasteiger partial charge in [0.1, 0.15) is 5.78 Å². The Morgan fingerprint density at radius 1 is 1.19 bits per heavy atom. The number of hydrogen-bond donors (Lipinski definition) is 2. The van der Waals surface area contributed by atoms with Crippen LogP contribution in [0.15, 0.2) is 0 Å². The molecule has 3 fully saturated rings. The molecular weight excluding hydrogens is 332 g/mol. The number of hydrogen-bond acceptors (Lipinski definition) is 5. The molecule has 0 aromatic rings. The van der Waals surface area contributed by atoms with Crippen LogP contribution in [0, 0.1) is 34.5 Å². The molecule has 0 bridgehead atoms. The first kappa shape index (κ1) is 19.8. The summed E-state index contributed by atoms with van der Waals surface area (Å²) in [6, 6.07) is 0. The maximum absolute atomic E-state index is 12.6. The predicted molar refractivity (Wildman–Crippen MR) is 97.2 cm³/mol. The minimum atomic E-state index is -0.339. The number of ether oxygens (including phenoxy) is 1. The number of rotatable bonds is 4. The van der Waals surface area contributed by atoms with Crippen LogP contribution in [-0.2, 0) is 14.3 Å². The zero-order chi connectivity index (χ0) is 19.1. The summed E-state index contributed by atoms with van der Waals surface area (Å²) in [4.78, 5) is 24.0. The molecule has 0 aromatic heterocycles. The summed E-state index contributed by atoms with van der Waals surface area (Å²) in [5, 5.41) is 20.1. The summed E-state index contributed by atoms with van der Waals surface area (Å²) in [7, 11) is 0. The molecule has 5 heteroatoms. The van der Waals surface area contributed by atoms with Gasteiger partial charge in [-0.05, 0) is 61.7 Å². The summed E-state index contributed by atoms with van der Waals surface area (Å²) >= 11 is 0. The topological polar surface area (TPSA) is 83.8 Å². The molecule has 0 heterocycles. The van der Waals surface area contributed by atoms with Crippen LogP contribution in [0.3, 0.4) is 0 Å². The largest absolute Gasteiger partial charge is 0.466 e. The molecule has 0 spiro atoms. The van der Waals surface area contributed by atoms with Gasteiger partial charge >= 0.3 is 5.97 Å². The number of Topliss-reactive ketones (excluding diaryl/α,β-unsaturated/α-hetero) is 1. The van der Waals surface area contributed by atoms with E-state index in [-0.39, 0.29) is 47.3 Å². The maximum atomic E-state index is 12.6. The number of carbonyl (C=O) groups excluding carboxylic acids is 2. The Hall–Kier alpha value is -0.940. The average Bonchev–Trinajstić information content (AvgIpc) is 2.90. The van der Waals surface area contributed by atoms with Crippen molar-refractivity contribution in [2.24, 2.45) is 34.5 Å². The van der Waals surface area contributed by atoms with Gasteiger partial charge in [0, 0.05) is 31.3 Å². The quantitative estimate of drug-likeness (QED) is 0.748. The Labute approximate surface area is 156 Å². The highest BCUT2D eigenvalue weighted by atomic mass is 16.5. The Morgan fingerprint density at radius 3 is 2.58 bits per heavy atom. The number of aliphatic hydroxyl groups is 2. The molecule has 3 aliphatic rings. The fraction of sp³-hybridized carbons (Fsp3) is 0.905. The molecule has 3 aliphatic carbocycles. The molecule has 3 rings (SSSR count). The normalized spacial score (nSPS) is 46.0. The summed E-state index contributed by atoms with van der Waals surface area (Å²) in [6.45, 7) is 6.21.